The number of carbonyl (C=O) groups excluding carboxylic acids is 1. The third kappa shape index (κ3) is 4.61. The van der Waals surface area contributed by atoms with Crippen molar-refractivity contribution in [2.75, 3.05) is 13.6 Å². The first-order chi connectivity index (χ1) is 6.15. The monoisotopic (exact) mass is 200 g/mol. The summed E-state index contributed by atoms with van der Waals surface area (Å²) in [5.74, 6) is 0.236. The summed E-state index contributed by atoms with van der Waals surface area (Å²) < 4.78 is 0. The Labute approximate surface area is 87.6 Å². The van der Waals surface area contributed by atoms with Crippen LogP contribution >= 0.6 is 0 Å². The van der Waals surface area contributed by atoms with Crippen LogP contribution < -0.4 is 5.73 Å². The summed E-state index contributed by atoms with van der Waals surface area (Å²) in [5, 5.41) is 0. The molecule has 0 saturated carbocycles. The zero-order valence-corrected chi connectivity index (χ0v) is 10.3. The van der Waals surface area contributed by atoms with Gasteiger partial charge in [0.25, 0.3) is 0 Å². The first-order valence-corrected chi connectivity index (χ1v) is 5.15. The van der Waals surface area contributed by atoms with Crippen molar-refractivity contribution in [3.05, 3.63) is 0 Å². The van der Waals surface area contributed by atoms with Crippen molar-refractivity contribution in [1.29, 1.82) is 0 Å². The van der Waals surface area contributed by atoms with Gasteiger partial charge < -0.3 is 10.6 Å². The summed E-state index contributed by atoms with van der Waals surface area (Å²) >= 11 is 0. The molecule has 0 unspecified atom stereocenters. The van der Waals surface area contributed by atoms with Crippen molar-refractivity contribution in [2.45, 2.75) is 40.7 Å². The van der Waals surface area contributed by atoms with E-state index in [2.05, 4.69) is 20.8 Å². The van der Waals surface area contributed by atoms with Crippen LogP contribution in [0.1, 0.15) is 34.6 Å². The molecule has 1 atom stereocenters. The molecule has 0 aromatic rings. The van der Waals surface area contributed by atoms with Gasteiger partial charge in [-0.25, -0.2) is 0 Å². The topological polar surface area (TPSA) is 46.3 Å². The largest absolute Gasteiger partial charge is 0.344 e. The van der Waals surface area contributed by atoms with Crippen molar-refractivity contribution in [2.24, 2.45) is 17.1 Å². The molecule has 0 aromatic heterocycles. The predicted octanol–water partition coefficient (Wildman–Crippen LogP) is 1.47. The molecule has 0 aliphatic rings. The van der Waals surface area contributed by atoms with Crippen LogP contribution in [0.3, 0.4) is 0 Å². The van der Waals surface area contributed by atoms with Gasteiger partial charge in [0.1, 0.15) is 0 Å². The summed E-state index contributed by atoms with van der Waals surface area (Å²) in [5.41, 5.74) is 5.91. The molecule has 0 heterocycles. The van der Waals surface area contributed by atoms with Gasteiger partial charge in [-0.15, -0.1) is 0 Å². The Morgan fingerprint density at radius 1 is 1.36 bits per heavy atom. The van der Waals surface area contributed by atoms with Crippen LogP contribution in [0.4, 0.5) is 0 Å². The van der Waals surface area contributed by atoms with Crippen LogP contribution in [0.2, 0.25) is 0 Å². The summed E-state index contributed by atoms with van der Waals surface area (Å²) in [4.78, 5) is 13.5. The molecule has 0 spiro atoms. The highest BCUT2D eigenvalue weighted by Gasteiger charge is 2.24. The lowest BCUT2D eigenvalue weighted by atomic mass is 9.95. The Balaban J connectivity index is 4.26. The minimum Gasteiger partial charge on any atom is -0.344 e. The molecular formula is C11H24N2O. The van der Waals surface area contributed by atoms with Crippen molar-refractivity contribution in [3.63, 3.8) is 0 Å². The van der Waals surface area contributed by atoms with E-state index in [0.717, 1.165) is 6.54 Å². The molecule has 1 amide bonds. The molecular weight excluding hydrogens is 176 g/mol. The molecule has 0 bridgehead atoms. The summed E-state index contributed by atoms with van der Waals surface area (Å²) in [6, 6.07) is -0.373. The number of carbonyl (C=O) groups is 1. The fraction of sp³-hybridized carbons (Fsp3) is 0.909. The molecule has 0 radical (unpaired) electrons. The molecule has 3 heteroatoms. The smallest absolute Gasteiger partial charge is 0.239 e. The second kappa shape index (κ2) is 4.78. The second-order valence-electron chi connectivity index (χ2n) is 5.52. The summed E-state index contributed by atoms with van der Waals surface area (Å²) in [6.45, 7) is 11.0. The molecule has 0 aliphatic heterocycles. The fourth-order valence-corrected chi connectivity index (χ4v) is 1.33. The van der Waals surface area contributed by atoms with Crippen molar-refractivity contribution in [3.8, 4) is 0 Å². The van der Waals surface area contributed by atoms with Crippen molar-refractivity contribution in [1.82, 2.24) is 4.90 Å². The molecule has 0 aliphatic carbocycles. The normalized spacial score (nSPS) is 14.3. The van der Waals surface area contributed by atoms with E-state index in [-0.39, 0.29) is 23.3 Å². The summed E-state index contributed by atoms with van der Waals surface area (Å²) in [7, 11) is 1.82. The number of likely N-dealkylation sites (N-methyl/N-ethyl adjacent to an activating group) is 1. The van der Waals surface area contributed by atoms with E-state index in [1.54, 1.807) is 4.90 Å². The minimum atomic E-state index is -0.373. The van der Waals surface area contributed by atoms with Gasteiger partial charge in [-0.05, 0) is 11.3 Å². The SMILES string of the molecule is CC(C)[C@@H](N)C(=O)N(C)CC(C)(C)C. The molecule has 2 N–H and O–H groups in total. The van der Waals surface area contributed by atoms with Crippen molar-refractivity contribution >= 4 is 5.91 Å². The Morgan fingerprint density at radius 3 is 2.07 bits per heavy atom. The number of hydrogen-bond acceptors (Lipinski definition) is 2. The van der Waals surface area contributed by atoms with Crippen LogP contribution in [-0.4, -0.2) is 30.4 Å². The molecule has 0 saturated heterocycles. The molecule has 0 fully saturated rings. The van der Waals surface area contributed by atoms with Gasteiger partial charge in [0, 0.05) is 13.6 Å². The van der Waals surface area contributed by atoms with Gasteiger partial charge in [-0.1, -0.05) is 34.6 Å². The van der Waals surface area contributed by atoms with Crippen LogP contribution in [0, 0.1) is 11.3 Å². The first kappa shape index (κ1) is 13.4. The molecule has 0 aromatic carbocycles. The van der Waals surface area contributed by atoms with E-state index < -0.39 is 0 Å². The predicted molar refractivity (Wildman–Crippen MR) is 59.9 cm³/mol. The Hall–Kier alpha value is -0.570. The van der Waals surface area contributed by atoms with Crippen LogP contribution in [-0.2, 0) is 4.79 Å². The first-order valence-electron chi connectivity index (χ1n) is 5.15. The van der Waals surface area contributed by atoms with E-state index in [1.165, 1.54) is 0 Å². The average Bonchev–Trinajstić information content (AvgIpc) is 1.98. The van der Waals surface area contributed by atoms with Gasteiger partial charge in [-0.2, -0.15) is 0 Å². The van der Waals surface area contributed by atoms with E-state index in [4.69, 9.17) is 5.73 Å². The molecule has 84 valence electrons. The van der Waals surface area contributed by atoms with Crippen LogP contribution in [0.15, 0.2) is 0 Å². The lowest BCUT2D eigenvalue weighted by Crippen LogP contribution is -2.47. The zero-order chi connectivity index (χ0) is 11.5. The third-order valence-electron chi connectivity index (χ3n) is 2.09. The molecule has 3 nitrogen and oxygen atoms in total. The van der Waals surface area contributed by atoms with Crippen LogP contribution in [0.25, 0.3) is 0 Å². The van der Waals surface area contributed by atoms with E-state index in [9.17, 15) is 4.79 Å². The maximum Gasteiger partial charge on any atom is 0.239 e. The van der Waals surface area contributed by atoms with E-state index in [0.29, 0.717) is 0 Å². The third-order valence-corrected chi connectivity index (χ3v) is 2.09. The Kier molecular flexibility index (Phi) is 4.59. The van der Waals surface area contributed by atoms with Crippen molar-refractivity contribution < 1.29 is 4.79 Å². The number of rotatable bonds is 3. The highest BCUT2D eigenvalue weighted by Crippen LogP contribution is 2.15. The lowest BCUT2D eigenvalue weighted by Gasteiger charge is -2.29. The van der Waals surface area contributed by atoms with Crippen LogP contribution in [0.5, 0.6) is 0 Å². The second-order valence-corrected chi connectivity index (χ2v) is 5.52. The minimum absolute atomic E-state index is 0.0370. The molecule has 14 heavy (non-hydrogen) atoms. The number of nitrogens with zero attached hydrogens (tertiary/aromatic N) is 1. The Morgan fingerprint density at radius 2 is 1.79 bits per heavy atom. The fourth-order valence-electron chi connectivity index (χ4n) is 1.33. The van der Waals surface area contributed by atoms with Gasteiger partial charge in [-0.3, -0.25) is 4.79 Å². The molecule has 0 rings (SSSR count). The summed E-state index contributed by atoms with van der Waals surface area (Å²) in [6.07, 6.45) is 0. The van der Waals surface area contributed by atoms with Gasteiger partial charge in [0.2, 0.25) is 5.91 Å². The number of hydrogen-bond donors (Lipinski definition) is 1. The van der Waals surface area contributed by atoms with Gasteiger partial charge >= 0.3 is 0 Å². The van der Waals surface area contributed by atoms with E-state index in [1.807, 2.05) is 20.9 Å². The highest BCUT2D eigenvalue weighted by atomic mass is 16.2. The standard InChI is InChI=1S/C11H24N2O/c1-8(2)9(12)10(14)13(6)7-11(3,4)5/h8-9H,7,12H2,1-6H3/t9-/m1/s1. The average molecular weight is 200 g/mol. The van der Waals surface area contributed by atoms with Gasteiger partial charge in [0.05, 0.1) is 6.04 Å². The Bertz CT molecular complexity index is 194. The quantitative estimate of drug-likeness (QED) is 0.750. The zero-order valence-electron chi connectivity index (χ0n) is 10.3. The number of amides is 1. The van der Waals surface area contributed by atoms with E-state index >= 15 is 0 Å². The highest BCUT2D eigenvalue weighted by molar-refractivity contribution is 5.81. The maximum atomic E-state index is 11.8. The maximum absolute atomic E-state index is 11.8. The lowest BCUT2D eigenvalue weighted by molar-refractivity contribution is -0.133. The van der Waals surface area contributed by atoms with Gasteiger partial charge in [0.15, 0.2) is 0 Å². The number of nitrogens with two attached hydrogens (primary N) is 1.